The number of benzene rings is 1. The molecule has 0 aliphatic rings. The minimum atomic E-state index is -0.0968. The molecule has 5 N–H and O–H groups in total. The van der Waals surface area contributed by atoms with Crippen LogP contribution in [0.15, 0.2) is 46.7 Å². The van der Waals surface area contributed by atoms with Crippen LogP contribution in [0.2, 0.25) is 0 Å². The average Bonchev–Trinajstić information content (AvgIpc) is 2.89. The van der Waals surface area contributed by atoms with Crippen molar-refractivity contribution >= 4 is 12.2 Å². The zero-order valence-electron chi connectivity index (χ0n) is 11.4. The number of guanidine groups is 1. The van der Waals surface area contributed by atoms with Crippen LogP contribution in [-0.2, 0) is 6.54 Å². The van der Waals surface area contributed by atoms with Crippen molar-refractivity contribution in [2.45, 2.75) is 13.0 Å². The van der Waals surface area contributed by atoms with Gasteiger partial charge in [-0.15, -0.1) is 9.78 Å². The molecule has 1 aromatic carbocycles. The van der Waals surface area contributed by atoms with E-state index in [4.69, 9.17) is 16.7 Å². The number of hydrogen-bond acceptors (Lipinski definition) is 3. The minimum absolute atomic E-state index is 0.0968. The summed E-state index contributed by atoms with van der Waals surface area (Å²) in [6, 6.07) is 11.9. The maximum Gasteiger partial charge on any atom is 0.211 e. The highest BCUT2D eigenvalue weighted by atomic mass is 15.3. The van der Waals surface area contributed by atoms with Gasteiger partial charge in [-0.05, 0) is 0 Å². The largest absolute Gasteiger partial charge is 0.369 e. The first-order chi connectivity index (χ1) is 10.2. The van der Waals surface area contributed by atoms with E-state index in [-0.39, 0.29) is 5.96 Å². The second-order valence-electron chi connectivity index (χ2n) is 4.31. The van der Waals surface area contributed by atoms with Gasteiger partial charge in [-0.25, -0.2) is 0 Å². The lowest BCUT2D eigenvalue weighted by molar-refractivity contribution is -0.748. The molecule has 0 radical (unpaired) electrons. The lowest BCUT2D eigenvalue weighted by Crippen LogP contribution is -2.34. The molecule has 1 heterocycles. The maximum atomic E-state index is 8.67. The molecule has 7 heteroatoms. The van der Waals surface area contributed by atoms with Gasteiger partial charge in [0.15, 0.2) is 6.54 Å². The minimum Gasteiger partial charge on any atom is -0.369 e. The quantitative estimate of drug-likeness (QED) is 0.320. The zero-order valence-corrected chi connectivity index (χ0v) is 11.4. The van der Waals surface area contributed by atoms with Crippen LogP contribution < -0.4 is 16.1 Å². The fraction of sp³-hybridized carbons (Fsp3) is 0.143. The van der Waals surface area contributed by atoms with Gasteiger partial charge >= 0.3 is 0 Å². The van der Waals surface area contributed by atoms with Gasteiger partial charge in [-0.3, -0.25) is 0 Å². The highest BCUT2D eigenvalue weighted by Gasteiger charge is 2.14. The molecule has 7 nitrogen and oxygen atoms in total. The van der Waals surface area contributed by atoms with Crippen molar-refractivity contribution in [3.63, 3.8) is 0 Å². The molecule has 0 bridgehead atoms. The van der Waals surface area contributed by atoms with Crippen molar-refractivity contribution in [3.05, 3.63) is 42.1 Å². The van der Waals surface area contributed by atoms with E-state index in [1.165, 1.54) is 0 Å². The van der Waals surface area contributed by atoms with Crippen molar-refractivity contribution in [1.82, 2.24) is 5.10 Å². The molecule has 0 aliphatic carbocycles. The molecular formula is C14H16N7+. The van der Waals surface area contributed by atoms with E-state index >= 15 is 0 Å². The van der Waals surface area contributed by atoms with Crippen molar-refractivity contribution in [3.8, 4) is 17.3 Å². The number of nitrogens with zero attached hydrogens (tertiary/aromatic N) is 4. The summed E-state index contributed by atoms with van der Waals surface area (Å²) in [6.07, 6.45) is 3.86. The van der Waals surface area contributed by atoms with Gasteiger partial charge < -0.3 is 11.5 Å². The smallest absolute Gasteiger partial charge is 0.211 e. The summed E-state index contributed by atoms with van der Waals surface area (Å²) in [5, 5.41) is 19.3. The summed E-state index contributed by atoms with van der Waals surface area (Å²) < 4.78 is 1.84. The molecule has 21 heavy (non-hydrogen) atoms. The maximum absolute atomic E-state index is 8.67. The third kappa shape index (κ3) is 3.91. The molecule has 1 aromatic heterocycles. The van der Waals surface area contributed by atoms with Crippen LogP contribution in [0.1, 0.15) is 12.0 Å². The second-order valence-corrected chi connectivity index (χ2v) is 4.31. The normalized spacial score (nSPS) is 10.4. The Bertz CT molecular complexity index is 688. The van der Waals surface area contributed by atoms with Crippen molar-refractivity contribution in [2.75, 3.05) is 0 Å². The summed E-state index contributed by atoms with van der Waals surface area (Å²) in [7, 11) is 0. The van der Waals surface area contributed by atoms with Crippen LogP contribution in [0, 0.1) is 11.3 Å². The number of aromatic nitrogens is 2. The molecule has 0 saturated carbocycles. The van der Waals surface area contributed by atoms with Gasteiger partial charge in [0.05, 0.1) is 24.3 Å². The lowest BCUT2D eigenvalue weighted by atomic mass is 10.1. The first-order valence-electron chi connectivity index (χ1n) is 6.37. The number of nitrogens with one attached hydrogen (secondary N) is 1. The topological polar surface area (TPSA) is 120 Å². The van der Waals surface area contributed by atoms with Gasteiger partial charge in [0.2, 0.25) is 12.2 Å². The number of rotatable bonds is 5. The Morgan fingerprint density at radius 1 is 1.33 bits per heavy atom. The summed E-state index contributed by atoms with van der Waals surface area (Å²) in [5.41, 5.74) is 13.2. The van der Waals surface area contributed by atoms with E-state index in [1.807, 2.05) is 41.2 Å². The van der Waals surface area contributed by atoms with Gasteiger partial charge in [-0.1, -0.05) is 30.3 Å². The first kappa shape index (κ1) is 14.3. The molecule has 0 unspecified atom stereocenters. The molecule has 0 spiro atoms. The summed E-state index contributed by atoms with van der Waals surface area (Å²) in [4.78, 5) is 0. The number of aromatic amines is 1. The summed E-state index contributed by atoms with van der Waals surface area (Å²) in [6.45, 7) is 0.576. The second kappa shape index (κ2) is 6.86. The van der Waals surface area contributed by atoms with E-state index in [1.54, 1.807) is 6.21 Å². The average molecular weight is 282 g/mol. The van der Waals surface area contributed by atoms with Crippen molar-refractivity contribution in [1.29, 1.82) is 5.26 Å². The number of hydrogen-bond donors (Lipinski definition) is 3. The Hall–Kier alpha value is -3.14. The number of aryl methyl sites for hydroxylation is 1. The highest BCUT2D eigenvalue weighted by molar-refractivity contribution is 5.88. The van der Waals surface area contributed by atoms with Crippen molar-refractivity contribution < 1.29 is 4.68 Å². The molecule has 2 rings (SSSR count). The third-order valence-corrected chi connectivity index (χ3v) is 2.74. The van der Waals surface area contributed by atoms with Gasteiger partial charge in [0, 0.05) is 5.56 Å². The van der Waals surface area contributed by atoms with Gasteiger partial charge in [0.1, 0.15) is 5.69 Å². The van der Waals surface area contributed by atoms with E-state index < -0.39 is 0 Å². The fourth-order valence-corrected chi connectivity index (χ4v) is 1.86. The first-order valence-corrected chi connectivity index (χ1v) is 6.37. The lowest BCUT2D eigenvalue weighted by Gasteiger charge is -1.95. The van der Waals surface area contributed by atoms with Crippen molar-refractivity contribution in [2.24, 2.45) is 21.7 Å². The SMILES string of the molecule is N#CCC[n+]1cc(/C=N/N=C(N)N)c(-c2ccccc2)[nH]1. The zero-order chi connectivity index (χ0) is 15.1. The Morgan fingerprint density at radius 2 is 2.10 bits per heavy atom. The Balaban J connectivity index is 2.37. The predicted molar refractivity (Wildman–Crippen MR) is 80.1 cm³/mol. The van der Waals surface area contributed by atoms with Crippen LogP contribution in [-0.4, -0.2) is 17.3 Å². The van der Waals surface area contributed by atoms with Gasteiger partial charge in [-0.2, -0.15) is 15.5 Å². The third-order valence-electron chi connectivity index (χ3n) is 2.74. The van der Waals surface area contributed by atoms with Crippen LogP contribution in [0.3, 0.4) is 0 Å². The Labute approximate surface area is 122 Å². The van der Waals surface area contributed by atoms with E-state index in [0.717, 1.165) is 16.8 Å². The molecule has 0 aliphatic heterocycles. The van der Waals surface area contributed by atoms with Crippen LogP contribution >= 0.6 is 0 Å². The molecule has 0 atom stereocenters. The van der Waals surface area contributed by atoms with E-state index in [9.17, 15) is 0 Å². The molecule has 0 saturated heterocycles. The van der Waals surface area contributed by atoms with Crippen LogP contribution in [0.5, 0.6) is 0 Å². The fourth-order valence-electron chi connectivity index (χ4n) is 1.86. The molecule has 0 amide bonds. The van der Waals surface area contributed by atoms with E-state index in [0.29, 0.717) is 13.0 Å². The summed E-state index contributed by atoms with van der Waals surface area (Å²) >= 11 is 0. The molecule has 2 aromatic rings. The monoisotopic (exact) mass is 282 g/mol. The standard InChI is InChI=1S/C14H15N7/c15-7-4-8-21-10-12(9-18-19-14(16)17)13(20-21)11-5-2-1-3-6-11/h1-3,5-6,9-10H,4,8H2,(H4,16,17,19)/p+1/b18-9+. The van der Waals surface area contributed by atoms with Crippen LogP contribution in [0.4, 0.5) is 0 Å². The number of nitrogens with two attached hydrogens (primary N) is 2. The van der Waals surface area contributed by atoms with Crippen LogP contribution in [0.25, 0.3) is 11.3 Å². The highest BCUT2D eigenvalue weighted by Crippen LogP contribution is 2.18. The predicted octanol–water partition coefficient (Wildman–Crippen LogP) is 0.490. The molecular weight excluding hydrogens is 266 g/mol. The van der Waals surface area contributed by atoms with Gasteiger partial charge in [0.25, 0.3) is 0 Å². The van der Waals surface area contributed by atoms with E-state index in [2.05, 4.69) is 21.4 Å². The molecule has 0 fully saturated rings. The molecule has 106 valence electrons. The Kier molecular flexibility index (Phi) is 4.66. The number of nitriles is 1. The number of H-pyrrole nitrogens is 1. The Morgan fingerprint density at radius 3 is 2.76 bits per heavy atom. The summed E-state index contributed by atoms with van der Waals surface area (Å²) in [5.74, 6) is -0.0968.